The molecule has 12 heavy (non-hydrogen) atoms. The second-order valence-corrected chi connectivity index (χ2v) is 2.89. The molecule has 0 spiro atoms. The van der Waals surface area contributed by atoms with E-state index >= 15 is 0 Å². The maximum Gasteiger partial charge on any atom is 0.115 e. The van der Waals surface area contributed by atoms with Gasteiger partial charge in [0, 0.05) is 24.2 Å². The maximum atomic E-state index is 6.94. The van der Waals surface area contributed by atoms with E-state index in [1.165, 1.54) is 6.33 Å². The Kier molecular flexibility index (Phi) is 2.93. The molecule has 1 heterocycles. The van der Waals surface area contributed by atoms with Gasteiger partial charge in [0.15, 0.2) is 0 Å². The van der Waals surface area contributed by atoms with Gasteiger partial charge in [0.2, 0.25) is 0 Å². The molecule has 4 nitrogen and oxygen atoms in total. The van der Waals surface area contributed by atoms with Gasteiger partial charge >= 0.3 is 0 Å². The fourth-order valence-corrected chi connectivity index (χ4v) is 0.883. The summed E-state index contributed by atoms with van der Waals surface area (Å²) in [4.78, 5) is 7.60. The van der Waals surface area contributed by atoms with Gasteiger partial charge < -0.3 is 11.1 Å². The van der Waals surface area contributed by atoms with Crippen LogP contribution in [-0.2, 0) is 0 Å². The lowest BCUT2D eigenvalue weighted by Crippen LogP contribution is -2.00. The Bertz CT molecular complexity index is 306. The summed E-state index contributed by atoms with van der Waals surface area (Å²) in [7, 11) is 0. The van der Waals surface area contributed by atoms with Crippen LogP contribution in [0.4, 0.5) is 0 Å². The topological polar surface area (TPSA) is 75.7 Å². The van der Waals surface area contributed by atoms with Crippen molar-refractivity contribution in [3.8, 4) is 0 Å². The molecule has 3 N–H and O–H groups in total. The SMILES string of the molecule is N=CC(Br)=C(N)c1cncnc1. The first kappa shape index (κ1) is 8.86. The minimum Gasteiger partial charge on any atom is -0.397 e. The summed E-state index contributed by atoms with van der Waals surface area (Å²) in [5.41, 5.74) is 6.82. The Morgan fingerprint density at radius 1 is 1.50 bits per heavy atom. The van der Waals surface area contributed by atoms with E-state index < -0.39 is 0 Å². The number of nitrogens with zero attached hydrogens (tertiary/aromatic N) is 2. The lowest BCUT2D eigenvalue weighted by Gasteiger charge is -1.99. The van der Waals surface area contributed by atoms with Gasteiger partial charge in [-0.05, 0) is 15.9 Å². The van der Waals surface area contributed by atoms with E-state index in [2.05, 4.69) is 25.9 Å². The van der Waals surface area contributed by atoms with Crippen LogP contribution in [-0.4, -0.2) is 16.2 Å². The van der Waals surface area contributed by atoms with Crippen LogP contribution in [0, 0.1) is 5.41 Å². The molecule has 0 bridgehead atoms. The van der Waals surface area contributed by atoms with Crippen LogP contribution in [0.2, 0.25) is 0 Å². The average molecular weight is 227 g/mol. The van der Waals surface area contributed by atoms with Gasteiger partial charge in [-0.1, -0.05) is 0 Å². The monoisotopic (exact) mass is 226 g/mol. The van der Waals surface area contributed by atoms with Crippen LogP contribution in [0.25, 0.3) is 5.70 Å². The van der Waals surface area contributed by atoms with Crippen molar-refractivity contribution in [2.75, 3.05) is 0 Å². The van der Waals surface area contributed by atoms with Crippen molar-refractivity contribution in [2.24, 2.45) is 5.73 Å². The molecule has 1 rings (SSSR count). The van der Waals surface area contributed by atoms with Crippen molar-refractivity contribution in [3.63, 3.8) is 0 Å². The third-order valence-corrected chi connectivity index (χ3v) is 1.91. The molecule has 0 aliphatic heterocycles. The number of rotatable bonds is 2. The first-order valence-corrected chi connectivity index (χ1v) is 3.96. The molecule has 0 unspecified atom stereocenters. The standard InChI is InChI=1S/C7H7BrN4/c8-6(1-9)7(10)5-2-11-4-12-3-5/h1-4,9H,10H2. The third-order valence-electron chi connectivity index (χ3n) is 1.26. The fourth-order valence-electron chi connectivity index (χ4n) is 0.654. The molecule has 0 amide bonds. The van der Waals surface area contributed by atoms with Crippen LogP contribution in [0.3, 0.4) is 0 Å². The highest BCUT2D eigenvalue weighted by Crippen LogP contribution is 2.13. The van der Waals surface area contributed by atoms with Gasteiger partial charge in [0.1, 0.15) is 6.33 Å². The Morgan fingerprint density at radius 2 is 2.08 bits per heavy atom. The van der Waals surface area contributed by atoms with Crippen molar-refractivity contribution in [3.05, 3.63) is 28.8 Å². The molecule has 0 saturated carbocycles. The lowest BCUT2D eigenvalue weighted by molar-refractivity contribution is 1.15. The first-order valence-electron chi connectivity index (χ1n) is 3.17. The number of aromatic nitrogens is 2. The number of nitrogens with two attached hydrogens (primary N) is 1. The molecular weight excluding hydrogens is 220 g/mol. The average Bonchev–Trinajstić information content (AvgIpc) is 2.17. The predicted octanol–water partition coefficient (Wildman–Crippen LogP) is 1.15. The maximum absolute atomic E-state index is 6.94. The highest BCUT2D eigenvalue weighted by molar-refractivity contribution is 9.12. The minimum absolute atomic E-state index is 0.464. The van der Waals surface area contributed by atoms with Crippen molar-refractivity contribution >= 4 is 27.8 Å². The quantitative estimate of drug-likeness (QED) is 0.744. The summed E-state index contributed by atoms with van der Waals surface area (Å²) in [6, 6.07) is 0. The van der Waals surface area contributed by atoms with Crippen LogP contribution < -0.4 is 5.73 Å². The summed E-state index contributed by atoms with van der Waals surface area (Å²) in [5.74, 6) is 0. The zero-order valence-corrected chi connectivity index (χ0v) is 7.75. The van der Waals surface area contributed by atoms with Crippen LogP contribution >= 0.6 is 15.9 Å². The summed E-state index contributed by atoms with van der Waals surface area (Å²) in [5, 5.41) is 6.94. The smallest absolute Gasteiger partial charge is 0.115 e. The van der Waals surface area contributed by atoms with Crippen molar-refractivity contribution in [2.45, 2.75) is 0 Å². The fraction of sp³-hybridized carbons (Fsp3) is 0. The minimum atomic E-state index is 0.464. The van der Waals surface area contributed by atoms with Crippen LogP contribution in [0.15, 0.2) is 23.2 Å². The number of allylic oxidation sites excluding steroid dienone is 1. The normalized spacial score (nSPS) is 12.1. The molecule has 0 fully saturated rings. The van der Waals surface area contributed by atoms with Gasteiger partial charge in [0.25, 0.3) is 0 Å². The second kappa shape index (κ2) is 3.96. The van der Waals surface area contributed by atoms with Gasteiger partial charge in [-0.3, -0.25) is 0 Å². The molecule has 0 atom stereocenters. The molecule has 0 aliphatic carbocycles. The second-order valence-electron chi connectivity index (χ2n) is 2.03. The molecule has 0 radical (unpaired) electrons. The van der Waals surface area contributed by atoms with E-state index in [9.17, 15) is 0 Å². The van der Waals surface area contributed by atoms with E-state index in [4.69, 9.17) is 11.1 Å². The number of hydrogen-bond donors (Lipinski definition) is 2. The Morgan fingerprint density at radius 3 is 2.58 bits per heavy atom. The summed E-state index contributed by atoms with van der Waals surface area (Å²) in [6.07, 6.45) is 5.73. The predicted molar refractivity (Wildman–Crippen MR) is 50.9 cm³/mol. The highest BCUT2D eigenvalue weighted by Gasteiger charge is 2.00. The molecular formula is C7H7BrN4. The van der Waals surface area contributed by atoms with E-state index in [1.807, 2.05) is 0 Å². The summed E-state index contributed by atoms with van der Waals surface area (Å²) in [6.45, 7) is 0. The molecule has 5 heteroatoms. The number of halogens is 1. The van der Waals surface area contributed by atoms with E-state index in [0.29, 0.717) is 15.7 Å². The largest absolute Gasteiger partial charge is 0.397 e. The van der Waals surface area contributed by atoms with Crippen molar-refractivity contribution in [1.29, 1.82) is 5.41 Å². The molecule has 1 aromatic heterocycles. The number of hydrogen-bond acceptors (Lipinski definition) is 4. The van der Waals surface area contributed by atoms with Crippen LogP contribution in [0.5, 0.6) is 0 Å². The highest BCUT2D eigenvalue weighted by atomic mass is 79.9. The number of nitrogens with one attached hydrogen (secondary N) is 1. The third kappa shape index (κ3) is 1.88. The first-order chi connectivity index (χ1) is 5.75. The van der Waals surface area contributed by atoms with Crippen molar-refractivity contribution < 1.29 is 0 Å². The molecule has 0 aromatic carbocycles. The van der Waals surface area contributed by atoms with Gasteiger partial charge in [-0.25, -0.2) is 9.97 Å². The summed E-state index contributed by atoms with van der Waals surface area (Å²) < 4.78 is 0.525. The van der Waals surface area contributed by atoms with Gasteiger partial charge in [-0.2, -0.15) is 0 Å². The molecule has 1 aromatic rings. The Hall–Kier alpha value is -1.23. The Balaban J connectivity index is 3.08. The van der Waals surface area contributed by atoms with Gasteiger partial charge in [-0.15, -0.1) is 0 Å². The van der Waals surface area contributed by atoms with Crippen molar-refractivity contribution in [1.82, 2.24) is 9.97 Å². The molecule has 62 valence electrons. The van der Waals surface area contributed by atoms with Gasteiger partial charge in [0.05, 0.1) is 10.2 Å². The molecule has 0 saturated heterocycles. The van der Waals surface area contributed by atoms with E-state index in [1.54, 1.807) is 12.4 Å². The zero-order chi connectivity index (χ0) is 8.97. The van der Waals surface area contributed by atoms with E-state index in [-0.39, 0.29) is 0 Å². The lowest BCUT2D eigenvalue weighted by atomic mass is 10.2. The van der Waals surface area contributed by atoms with Crippen LogP contribution in [0.1, 0.15) is 5.56 Å². The molecule has 0 aliphatic rings. The Labute approximate surface area is 78.2 Å². The van der Waals surface area contributed by atoms with E-state index in [0.717, 1.165) is 6.21 Å². The zero-order valence-electron chi connectivity index (χ0n) is 6.16. The summed E-state index contributed by atoms with van der Waals surface area (Å²) >= 11 is 3.13.